The number of methoxy groups -OCH3 is 1. The number of hydrogen-bond acceptors (Lipinski definition) is 4. The highest BCUT2D eigenvalue weighted by Gasteiger charge is 2.15. The Bertz CT molecular complexity index is 967. The van der Waals surface area contributed by atoms with Gasteiger partial charge in [-0.05, 0) is 51.3 Å². The first kappa shape index (κ1) is 22.6. The summed E-state index contributed by atoms with van der Waals surface area (Å²) in [7, 11) is 1.54. The number of aliphatic hydroxyl groups excluding tert-OH is 1. The van der Waals surface area contributed by atoms with Crippen LogP contribution in [-0.4, -0.2) is 18.8 Å². The fourth-order valence-corrected chi connectivity index (χ4v) is 3.80. The number of halogens is 3. The van der Waals surface area contributed by atoms with E-state index in [0.717, 1.165) is 11.1 Å². The first-order chi connectivity index (χ1) is 14.5. The topological polar surface area (TPSA) is 50.7 Å². The van der Waals surface area contributed by atoms with Crippen LogP contribution >= 0.6 is 27.5 Å². The van der Waals surface area contributed by atoms with Gasteiger partial charge in [0.05, 0.1) is 22.7 Å². The molecular weight excluding hydrogens is 473 g/mol. The first-order valence-corrected chi connectivity index (χ1v) is 10.5. The summed E-state index contributed by atoms with van der Waals surface area (Å²) in [5, 5.41) is 13.8. The Hall–Kier alpha value is -2.12. The standard InChI is InChI=1S/C23H22BrClFNO3/c1-29-22-11-15(12-27-13-21(28)16-6-3-2-4-7-16)10-18(24)23(22)30-14-17-19(25)8-5-9-20(17)26/h2-11,21,27-28H,12-14H2,1H3/t21-/m0/s1. The maximum absolute atomic E-state index is 14.0. The van der Waals surface area contributed by atoms with Crippen molar-refractivity contribution < 1.29 is 19.0 Å². The molecule has 1 atom stereocenters. The lowest BCUT2D eigenvalue weighted by Crippen LogP contribution is -2.21. The van der Waals surface area contributed by atoms with Crippen LogP contribution in [0.2, 0.25) is 5.02 Å². The minimum Gasteiger partial charge on any atom is -0.493 e. The van der Waals surface area contributed by atoms with E-state index < -0.39 is 11.9 Å². The third kappa shape index (κ3) is 5.73. The lowest BCUT2D eigenvalue weighted by molar-refractivity contribution is 0.174. The lowest BCUT2D eigenvalue weighted by Gasteiger charge is -2.16. The Morgan fingerprint density at radius 2 is 1.90 bits per heavy atom. The number of nitrogens with one attached hydrogen (secondary N) is 1. The van der Waals surface area contributed by atoms with Gasteiger partial charge < -0.3 is 19.9 Å². The average Bonchev–Trinajstić information content (AvgIpc) is 2.74. The SMILES string of the molecule is COc1cc(CNC[C@H](O)c2ccccc2)cc(Br)c1OCc1c(F)cccc1Cl. The highest BCUT2D eigenvalue weighted by molar-refractivity contribution is 9.10. The summed E-state index contributed by atoms with van der Waals surface area (Å²) in [6, 6.07) is 17.7. The summed E-state index contributed by atoms with van der Waals surface area (Å²) in [5.74, 6) is 0.553. The summed E-state index contributed by atoms with van der Waals surface area (Å²) < 4.78 is 25.9. The molecule has 7 heteroatoms. The number of ether oxygens (including phenoxy) is 2. The zero-order chi connectivity index (χ0) is 21.5. The van der Waals surface area contributed by atoms with Gasteiger partial charge in [-0.15, -0.1) is 0 Å². The van der Waals surface area contributed by atoms with Crippen molar-refractivity contribution in [3.05, 3.63) is 92.7 Å². The molecule has 3 aromatic rings. The second-order valence-corrected chi connectivity index (χ2v) is 7.92. The third-order valence-electron chi connectivity index (χ3n) is 4.56. The fourth-order valence-electron chi connectivity index (χ4n) is 2.98. The van der Waals surface area contributed by atoms with Crippen molar-refractivity contribution in [1.82, 2.24) is 5.32 Å². The Balaban J connectivity index is 1.65. The van der Waals surface area contributed by atoms with Gasteiger partial charge in [-0.1, -0.05) is 48.0 Å². The van der Waals surface area contributed by atoms with E-state index in [1.165, 1.54) is 6.07 Å². The normalized spacial score (nSPS) is 11.9. The van der Waals surface area contributed by atoms with Gasteiger partial charge in [0, 0.05) is 18.7 Å². The molecule has 0 spiro atoms. The molecule has 4 nitrogen and oxygen atoms in total. The molecule has 0 aliphatic heterocycles. The first-order valence-electron chi connectivity index (χ1n) is 9.35. The molecule has 3 rings (SSSR count). The van der Waals surface area contributed by atoms with Crippen LogP contribution in [0.25, 0.3) is 0 Å². The second-order valence-electron chi connectivity index (χ2n) is 6.66. The van der Waals surface area contributed by atoms with Crippen molar-refractivity contribution in [2.45, 2.75) is 19.3 Å². The molecule has 0 bridgehead atoms. The largest absolute Gasteiger partial charge is 0.493 e. The van der Waals surface area contributed by atoms with Gasteiger partial charge in [-0.25, -0.2) is 4.39 Å². The molecule has 158 valence electrons. The van der Waals surface area contributed by atoms with Crippen LogP contribution in [0.4, 0.5) is 4.39 Å². The van der Waals surface area contributed by atoms with Crippen LogP contribution in [0.15, 0.2) is 65.1 Å². The molecule has 0 aliphatic carbocycles. The molecule has 0 saturated carbocycles. The maximum atomic E-state index is 14.0. The van der Waals surface area contributed by atoms with Crippen molar-refractivity contribution in [2.75, 3.05) is 13.7 Å². The summed E-state index contributed by atoms with van der Waals surface area (Å²) in [6.07, 6.45) is -0.593. The van der Waals surface area contributed by atoms with Crippen molar-refractivity contribution in [1.29, 1.82) is 0 Å². The van der Waals surface area contributed by atoms with E-state index in [-0.39, 0.29) is 12.2 Å². The molecule has 0 fully saturated rings. The van der Waals surface area contributed by atoms with Gasteiger partial charge in [0.2, 0.25) is 0 Å². The van der Waals surface area contributed by atoms with Gasteiger partial charge >= 0.3 is 0 Å². The van der Waals surface area contributed by atoms with Crippen LogP contribution in [0.3, 0.4) is 0 Å². The minimum absolute atomic E-state index is 0.0265. The lowest BCUT2D eigenvalue weighted by atomic mass is 10.1. The van der Waals surface area contributed by atoms with E-state index in [0.29, 0.717) is 34.1 Å². The van der Waals surface area contributed by atoms with E-state index in [1.807, 2.05) is 42.5 Å². The van der Waals surface area contributed by atoms with Crippen LogP contribution in [0.1, 0.15) is 22.8 Å². The predicted octanol–water partition coefficient (Wildman–Crippen LogP) is 5.65. The second kappa shape index (κ2) is 10.8. The molecule has 0 amide bonds. The van der Waals surface area contributed by atoms with E-state index in [4.69, 9.17) is 21.1 Å². The van der Waals surface area contributed by atoms with Gasteiger partial charge in [0.1, 0.15) is 12.4 Å². The van der Waals surface area contributed by atoms with Crippen LogP contribution in [0.5, 0.6) is 11.5 Å². The molecule has 2 N–H and O–H groups in total. The highest BCUT2D eigenvalue weighted by atomic mass is 79.9. The number of aliphatic hydroxyl groups is 1. The Morgan fingerprint density at radius 1 is 1.13 bits per heavy atom. The molecular formula is C23H22BrClFNO3. The van der Waals surface area contributed by atoms with E-state index >= 15 is 0 Å². The molecule has 30 heavy (non-hydrogen) atoms. The Kier molecular flexibility index (Phi) is 8.10. The van der Waals surface area contributed by atoms with Crippen LogP contribution < -0.4 is 14.8 Å². The minimum atomic E-state index is -0.593. The molecule has 0 unspecified atom stereocenters. The summed E-state index contributed by atoms with van der Waals surface area (Å²) in [6.45, 7) is 0.910. The molecule has 0 radical (unpaired) electrons. The van der Waals surface area contributed by atoms with E-state index in [2.05, 4.69) is 21.2 Å². The Morgan fingerprint density at radius 3 is 2.60 bits per heavy atom. The highest BCUT2D eigenvalue weighted by Crippen LogP contribution is 2.37. The summed E-state index contributed by atoms with van der Waals surface area (Å²) >= 11 is 9.57. The zero-order valence-electron chi connectivity index (χ0n) is 16.4. The van der Waals surface area contributed by atoms with Crippen molar-refractivity contribution in [2.24, 2.45) is 0 Å². The van der Waals surface area contributed by atoms with Gasteiger partial charge in [-0.2, -0.15) is 0 Å². The summed E-state index contributed by atoms with van der Waals surface area (Å²) in [5.41, 5.74) is 2.09. The molecule has 0 heterocycles. The van der Waals surface area contributed by atoms with Crippen molar-refractivity contribution in [3.8, 4) is 11.5 Å². The van der Waals surface area contributed by atoms with E-state index in [9.17, 15) is 9.50 Å². The van der Waals surface area contributed by atoms with Gasteiger partial charge in [0.25, 0.3) is 0 Å². The molecule has 0 aliphatic rings. The summed E-state index contributed by atoms with van der Waals surface area (Å²) in [4.78, 5) is 0. The molecule has 0 aromatic heterocycles. The quantitative estimate of drug-likeness (QED) is 0.403. The molecule has 3 aromatic carbocycles. The number of benzene rings is 3. The Labute approximate surface area is 188 Å². The van der Waals surface area contributed by atoms with Crippen LogP contribution in [-0.2, 0) is 13.2 Å². The third-order valence-corrected chi connectivity index (χ3v) is 5.51. The van der Waals surface area contributed by atoms with E-state index in [1.54, 1.807) is 19.2 Å². The zero-order valence-corrected chi connectivity index (χ0v) is 18.7. The van der Waals surface area contributed by atoms with Gasteiger partial charge in [0.15, 0.2) is 11.5 Å². The van der Waals surface area contributed by atoms with Crippen molar-refractivity contribution >= 4 is 27.5 Å². The van der Waals surface area contributed by atoms with Gasteiger partial charge in [-0.3, -0.25) is 0 Å². The smallest absolute Gasteiger partial charge is 0.175 e. The van der Waals surface area contributed by atoms with Crippen LogP contribution in [0, 0.1) is 5.82 Å². The maximum Gasteiger partial charge on any atom is 0.175 e. The molecule has 0 saturated heterocycles. The van der Waals surface area contributed by atoms with Crippen molar-refractivity contribution in [3.63, 3.8) is 0 Å². The monoisotopic (exact) mass is 493 g/mol. The number of rotatable bonds is 9. The predicted molar refractivity (Wildman–Crippen MR) is 120 cm³/mol. The number of hydrogen-bond donors (Lipinski definition) is 2. The average molecular weight is 495 g/mol. The fraction of sp³-hybridized carbons (Fsp3) is 0.217.